The number of rotatable bonds is 5. The van der Waals surface area contributed by atoms with Gasteiger partial charge in [-0.3, -0.25) is 4.90 Å². The molecule has 1 fully saturated rings. The molecular formula is C18H30N2O. The van der Waals surface area contributed by atoms with E-state index < -0.39 is 0 Å². The van der Waals surface area contributed by atoms with Crippen molar-refractivity contribution < 1.29 is 4.74 Å². The summed E-state index contributed by atoms with van der Waals surface area (Å²) in [7, 11) is 2.06. The molecule has 1 saturated heterocycles. The van der Waals surface area contributed by atoms with Crippen molar-refractivity contribution in [1.29, 1.82) is 0 Å². The van der Waals surface area contributed by atoms with E-state index in [1.54, 1.807) is 0 Å². The maximum atomic E-state index is 5.81. The van der Waals surface area contributed by atoms with Gasteiger partial charge in [0.2, 0.25) is 0 Å². The first kappa shape index (κ1) is 16.5. The lowest BCUT2D eigenvalue weighted by molar-refractivity contribution is -0.0584. The van der Waals surface area contributed by atoms with Crippen LogP contribution in [-0.4, -0.2) is 43.8 Å². The van der Waals surface area contributed by atoms with Gasteiger partial charge in [-0.1, -0.05) is 36.2 Å². The summed E-state index contributed by atoms with van der Waals surface area (Å²) < 4.78 is 5.81. The van der Waals surface area contributed by atoms with Crippen molar-refractivity contribution in [2.45, 2.75) is 52.3 Å². The van der Waals surface area contributed by atoms with Gasteiger partial charge in [0.15, 0.2) is 0 Å². The van der Waals surface area contributed by atoms with Crippen molar-refractivity contribution in [3.8, 4) is 0 Å². The Labute approximate surface area is 129 Å². The van der Waals surface area contributed by atoms with E-state index in [2.05, 4.69) is 63.2 Å². The fourth-order valence-corrected chi connectivity index (χ4v) is 3.32. The summed E-state index contributed by atoms with van der Waals surface area (Å²) in [5.74, 6) is 0. The highest BCUT2D eigenvalue weighted by Gasteiger charge is 2.27. The zero-order chi connectivity index (χ0) is 15.4. The molecule has 1 aromatic carbocycles. The Morgan fingerprint density at radius 2 is 1.95 bits per heavy atom. The lowest BCUT2D eigenvalue weighted by Crippen LogP contribution is -2.50. The predicted molar refractivity (Wildman–Crippen MR) is 88.8 cm³/mol. The number of ether oxygens (including phenoxy) is 1. The molecule has 1 heterocycles. The topological polar surface area (TPSA) is 24.5 Å². The second-order valence-electron chi connectivity index (χ2n) is 6.42. The third kappa shape index (κ3) is 4.29. The highest BCUT2D eigenvalue weighted by molar-refractivity contribution is 5.31. The van der Waals surface area contributed by atoms with Crippen molar-refractivity contribution in [3.63, 3.8) is 0 Å². The van der Waals surface area contributed by atoms with E-state index in [-0.39, 0.29) is 0 Å². The van der Waals surface area contributed by atoms with E-state index in [0.29, 0.717) is 18.2 Å². The summed E-state index contributed by atoms with van der Waals surface area (Å²) in [6.07, 6.45) is 1.49. The van der Waals surface area contributed by atoms with Gasteiger partial charge in [0.1, 0.15) is 0 Å². The molecule has 1 aliphatic rings. The third-order valence-electron chi connectivity index (χ3n) is 4.46. The standard InChI is InChI=1S/C18H30N2O/c1-6-17-12-21-15(4)10-20(17)11-18(19-5)16-8-13(2)7-14(3)9-16/h7-9,15,17-19H,6,10-12H2,1-5H3. The molecule has 3 atom stereocenters. The minimum Gasteiger partial charge on any atom is -0.376 e. The van der Waals surface area contributed by atoms with Crippen molar-refractivity contribution in [2.24, 2.45) is 0 Å². The summed E-state index contributed by atoms with van der Waals surface area (Å²) in [5, 5.41) is 3.50. The summed E-state index contributed by atoms with van der Waals surface area (Å²) in [4.78, 5) is 2.59. The number of benzene rings is 1. The van der Waals surface area contributed by atoms with Crippen LogP contribution in [0.5, 0.6) is 0 Å². The summed E-state index contributed by atoms with van der Waals surface area (Å²) >= 11 is 0. The number of hydrogen-bond acceptors (Lipinski definition) is 3. The summed E-state index contributed by atoms with van der Waals surface area (Å²) in [6.45, 7) is 11.7. The molecular weight excluding hydrogens is 260 g/mol. The van der Waals surface area contributed by atoms with Gasteiger partial charge in [-0.05, 0) is 39.8 Å². The van der Waals surface area contributed by atoms with Gasteiger partial charge in [0, 0.05) is 25.2 Å². The normalized spacial score (nSPS) is 25.0. The number of likely N-dealkylation sites (N-methyl/N-ethyl adjacent to an activating group) is 1. The highest BCUT2D eigenvalue weighted by Crippen LogP contribution is 2.22. The zero-order valence-corrected chi connectivity index (χ0v) is 14.1. The van der Waals surface area contributed by atoms with Gasteiger partial charge < -0.3 is 10.1 Å². The molecule has 0 spiro atoms. The molecule has 21 heavy (non-hydrogen) atoms. The van der Waals surface area contributed by atoms with Crippen LogP contribution in [0.4, 0.5) is 0 Å². The molecule has 2 rings (SSSR count). The van der Waals surface area contributed by atoms with Crippen LogP contribution in [0, 0.1) is 13.8 Å². The van der Waals surface area contributed by atoms with Gasteiger partial charge in [0.25, 0.3) is 0 Å². The Balaban J connectivity index is 2.13. The van der Waals surface area contributed by atoms with E-state index >= 15 is 0 Å². The molecule has 0 aromatic heterocycles. The van der Waals surface area contributed by atoms with E-state index in [4.69, 9.17) is 4.74 Å². The third-order valence-corrected chi connectivity index (χ3v) is 4.46. The van der Waals surface area contributed by atoms with E-state index in [0.717, 1.165) is 26.1 Å². The Hall–Kier alpha value is -0.900. The van der Waals surface area contributed by atoms with Crippen molar-refractivity contribution in [2.75, 3.05) is 26.7 Å². The maximum absolute atomic E-state index is 5.81. The van der Waals surface area contributed by atoms with Crippen LogP contribution in [0.15, 0.2) is 18.2 Å². The minimum atomic E-state index is 0.338. The average Bonchev–Trinajstić information content (AvgIpc) is 2.43. The maximum Gasteiger partial charge on any atom is 0.0674 e. The van der Waals surface area contributed by atoms with Crippen molar-refractivity contribution in [1.82, 2.24) is 10.2 Å². The van der Waals surface area contributed by atoms with Crippen LogP contribution in [0.3, 0.4) is 0 Å². The van der Waals surface area contributed by atoms with Crippen molar-refractivity contribution in [3.05, 3.63) is 34.9 Å². The molecule has 0 radical (unpaired) electrons. The molecule has 0 amide bonds. The molecule has 3 nitrogen and oxygen atoms in total. The largest absolute Gasteiger partial charge is 0.376 e. The first-order valence-corrected chi connectivity index (χ1v) is 8.14. The molecule has 3 heteroatoms. The van der Waals surface area contributed by atoms with E-state index in [9.17, 15) is 0 Å². The summed E-state index contributed by atoms with van der Waals surface area (Å²) in [5.41, 5.74) is 4.07. The molecule has 0 aliphatic carbocycles. The Morgan fingerprint density at radius 3 is 2.52 bits per heavy atom. The van der Waals surface area contributed by atoms with Crippen LogP contribution >= 0.6 is 0 Å². The molecule has 0 bridgehead atoms. The average molecular weight is 290 g/mol. The number of hydrogen-bond donors (Lipinski definition) is 1. The smallest absolute Gasteiger partial charge is 0.0674 e. The Kier molecular flexibility index (Phi) is 5.80. The van der Waals surface area contributed by atoms with E-state index in [1.807, 2.05) is 0 Å². The predicted octanol–water partition coefficient (Wildman–Crippen LogP) is 3.06. The lowest BCUT2D eigenvalue weighted by Gasteiger charge is -2.40. The van der Waals surface area contributed by atoms with Gasteiger partial charge in [-0.15, -0.1) is 0 Å². The van der Waals surface area contributed by atoms with Crippen LogP contribution in [-0.2, 0) is 4.74 Å². The second kappa shape index (κ2) is 7.39. The van der Waals surface area contributed by atoms with E-state index in [1.165, 1.54) is 16.7 Å². The van der Waals surface area contributed by atoms with Crippen molar-refractivity contribution >= 4 is 0 Å². The molecule has 118 valence electrons. The van der Waals surface area contributed by atoms with Gasteiger partial charge >= 0.3 is 0 Å². The number of nitrogens with one attached hydrogen (secondary N) is 1. The first-order chi connectivity index (χ1) is 10.0. The van der Waals surface area contributed by atoms with Gasteiger partial charge in [0.05, 0.1) is 12.7 Å². The minimum absolute atomic E-state index is 0.338. The molecule has 1 aromatic rings. The number of morpholine rings is 1. The Bertz CT molecular complexity index is 440. The molecule has 1 N–H and O–H groups in total. The molecule has 3 unspecified atom stereocenters. The van der Waals surface area contributed by atoms with Crippen LogP contribution < -0.4 is 5.32 Å². The summed E-state index contributed by atoms with van der Waals surface area (Å²) in [6, 6.07) is 7.77. The van der Waals surface area contributed by atoms with Crippen LogP contribution in [0.1, 0.15) is 43.0 Å². The highest BCUT2D eigenvalue weighted by atomic mass is 16.5. The number of aryl methyl sites for hydroxylation is 2. The molecule has 0 saturated carbocycles. The first-order valence-electron chi connectivity index (χ1n) is 8.14. The fraction of sp³-hybridized carbons (Fsp3) is 0.667. The quantitative estimate of drug-likeness (QED) is 0.902. The zero-order valence-electron chi connectivity index (χ0n) is 14.1. The second-order valence-corrected chi connectivity index (χ2v) is 6.42. The Morgan fingerprint density at radius 1 is 1.29 bits per heavy atom. The molecule has 1 aliphatic heterocycles. The van der Waals surface area contributed by atoms with Crippen LogP contribution in [0.2, 0.25) is 0 Å². The fourth-order valence-electron chi connectivity index (χ4n) is 3.32. The van der Waals surface area contributed by atoms with Crippen LogP contribution in [0.25, 0.3) is 0 Å². The lowest BCUT2D eigenvalue weighted by atomic mass is 9.99. The van der Waals surface area contributed by atoms with Gasteiger partial charge in [-0.2, -0.15) is 0 Å². The SMILES string of the molecule is CCC1COC(C)CN1CC(NC)c1cc(C)cc(C)c1. The monoisotopic (exact) mass is 290 g/mol. The van der Waals surface area contributed by atoms with Gasteiger partial charge in [-0.25, -0.2) is 0 Å². The number of nitrogens with zero attached hydrogens (tertiary/aromatic N) is 1.